The molecular weight excluding hydrogens is 354 g/mol. The minimum Gasteiger partial charge on any atom is -0.481 e. The molecule has 0 bridgehead atoms. The summed E-state index contributed by atoms with van der Waals surface area (Å²) in [5.74, 6) is -1.56. The van der Waals surface area contributed by atoms with Gasteiger partial charge in [-0.25, -0.2) is 4.68 Å². The molecule has 0 spiro atoms. The van der Waals surface area contributed by atoms with Crippen LogP contribution >= 0.6 is 0 Å². The first-order valence-electron chi connectivity index (χ1n) is 10.2. The van der Waals surface area contributed by atoms with Gasteiger partial charge in [0, 0.05) is 23.8 Å². The van der Waals surface area contributed by atoms with Crippen LogP contribution in [0, 0.1) is 12.8 Å². The molecule has 1 heterocycles. The number of aromatic nitrogens is 2. The van der Waals surface area contributed by atoms with Crippen LogP contribution in [0.3, 0.4) is 0 Å². The van der Waals surface area contributed by atoms with Gasteiger partial charge in [-0.05, 0) is 57.6 Å². The summed E-state index contributed by atoms with van der Waals surface area (Å²) in [7, 11) is 0. The number of amides is 1. The van der Waals surface area contributed by atoms with Crippen molar-refractivity contribution in [3.05, 3.63) is 46.8 Å². The molecular formula is C22H27N3O3. The summed E-state index contributed by atoms with van der Waals surface area (Å²) in [6.07, 6.45) is 5.81. The maximum absolute atomic E-state index is 13.4. The molecule has 2 aliphatic carbocycles. The lowest BCUT2D eigenvalue weighted by Gasteiger charge is -2.24. The molecule has 1 aromatic carbocycles. The number of carbonyl (C=O) groups is 2. The number of rotatable bonds is 6. The van der Waals surface area contributed by atoms with Crippen LogP contribution in [0.25, 0.3) is 5.69 Å². The van der Waals surface area contributed by atoms with Crippen molar-refractivity contribution in [2.75, 3.05) is 6.54 Å². The Morgan fingerprint density at radius 3 is 2.54 bits per heavy atom. The van der Waals surface area contributed by atoms with Crippen molar-refractivity contribution in [3.63, 3.8) is 0 Å². The first-order valence-corrected chi connectivity index (χ1v) is 10.2. The maximum Gasteiger partial charge on any atom is 0.308 e. The molecule has 28 heavy (non-hydrogen) atoms. The average molecular weight is 381 g/mol. The third-order valence-electron chi connectivity index (χ3n) is 5.80. The quantitative estimate of drug-likeness (QED) is 0.832. The van der Waals surface area contributed by atoms with Gasteiger partial charge >= 0.3 is 5.97 Å². The Labute approximate surface area is 165 Å². The van der Waals surface area contributed by atoms with Gasteiger partial charge in [-0.15, -0.1) is 0 Å². The van der Waals surface area contributed by atoms with E-state index < -0.39 is 11.9 Å². The monoisotopic (exact) mass is 381 g/mol. The van der Waals surface area contributed by atoms with Gasteiger partial charge in [0.2, 0.25) is 0 Å². The molecule has 6 heteroatoms. The third kappa shape index (κ3) is 3.55. The molecule has 1 N–H and O–H groups in total. The van der Waals surface area contributed by atoms with Crippen molar-refractivity contribution in [3.8, 4) is 5.69 Å². The predicted molar refractivity (Wildman–Crippen MR) is 106 cm³/mol. The molecule has 2 aromatic rings. The van der Waals surface area contributed by atoms with E-state index in [-0.39, 0.29) is 18.5 Å². The van der Waals surface area contributed by atoms with Crippen LogP contribution in [-0.2, 0) is 17.6 Å². The summed E-state index contributed by atoms with van der Waals surface area (Å²) in [5, 5.41) is 14.0. The zero-order valence-electron chi connectivity index (χ0n) is 16.5. The lowest BCUT2D eigenvalue weighted by Crippen LogP contribution is -2.39. The molecule has 1 amide bonds. The Balaban J connectivity index is 1.71. The van der Waals surface area contributed by atoms with Crippen LogP contribution < -0.4 is 0 Å². The second kappa shape index (κ2) is 7.41. The van der Waals surface area contributed by atoms with E-state index in [4.69, 9.17) is 5.10 Å². The first-order chi connectivity index (χ1) is 13.5. The Morgan fingerprint density at radius 1 is 1.21 bits per heavy atom. The van der Waals surface area contributed by atoms with Crippen molar-refractivity contribution in [1.82, 2.24) is 14.7 Å². The topological polar surface area (TPSA) is 75.4 Å². The number of hydrogen-bond donors (Lipinski definition) is 1. The van der Waals surface area contributed by atoms with E-state index in [1.807, 2.05) is 16.8 Å². The molecule has 148 valence electrons. The van der Waals surface area contributed by atoms with Gasteiger partial charge in [0.05, 0.1) is 11.6 Å². The van der Waals surface area contributed by atoms with Gasteiger partial charge in [-0.1, -0.05) is 24.6 Å². The fourth-order valence-corrected chi connectivity index (χ4v) is 3.96. The number of hydrogen-bond acceptors (Lipinski definition) is 3. The number of aryl methyl sites for hydroxylation is 1. The van der Waals surface area contributed by atoms with Crippen molar-refractivity contribution in [2.24, 2.45) is 5.92 Å². The highest BCUT2D eigenvalue weighted by Crippen LogP contribution is 2.32. The molecule has 1 aromatic heterocycles. The molecule has 1 atom stereocenters. The van der Waals surface area contributed by atoms with Gasteiger partial charge in [0.25, 0.3) is 5.91 Å². The minimum atomic E-state index is -0.870. The van der Waals surface area contributed by atoms with E-state index in [0.29, 0.717) is 5.69 Å². The van der Waals surface area contributed by atoms with Gasteiger partial charge < -0.3 is 10.0 Å². The predicted octanol–water partition coefficient (Wildman–Crippen LogP) is 3.38. The number of fused-ring (bicyclic) bond motifs is 1. The summed E-state index contributed by atoms with van der Waals surface area (Å²) < 4.78 is 1.92. The Kier molecular flexibility index (Phi) is 4.96. The summed E-state index contributed by atoms with van der Waals surface area (Å²) in [5.41, 5.74) is 4.84. The van der Waals surface area contributed by atoms with Gasteiger partial charge in [0.1, 0.15) is 0 Å². The van der Waals surface area contributed by atoms with E-state index >= 15 is 0 Å². The highest BCUT2D eigenvalue weighted by molar-refractivity contribution is 5.95. The van der Waals surface area contributed by atoms with E-state index in [9.17, 15) is 14.7 Å². The number of nitrogens with zero attached hydrogens (tertiary/aromatic N) is 3. The van der Waals surface area contributed by atoms with Crippen molar-refractivity contribution in [1.29, 1.82) is 0 Å². The summed E-state index contributed by atoms with van der Waals surface area (Å²) in [4.78, 5) is 26.5. The maximum atomic E-state index is 13.4. The molecule has 0 saturated heterocycles. The first kappa shape index (κ1) is 18.7. The molecule has 1 unspecified atom stereocenters. The highest BCUT2D eigenvalue weighted by Gasteiger charge is 2.37. The molecule has 0 radical (unpaired) electrons. The lowest BCUT2D eigenvalue weighted by molar-refractivity contribution is -0.141. The Bertz CT molecular complexity index is 896. The molecule has 2 aliphatic rings. The zero-order chi connectivity index (χ0) is 19.8. The summed E-state index contributed by atoms with van der Waals surface area (Å²) in [6.45, 7) is 3.95. The molecule has 6 nitrogen and oxygen atoms in total. The van der Waals surface area contributed by atoms with Crippen LogP contribution in [0.1, 0.15) is 59.9 Å². The number of aliphatic carboxylic acids is 1. The Morgan fingerprint density at radius 2 is 1.89 bits per heavy atom. The smallest absolute Gasteiger partial charge is 0.308 e. The van der Waals surface area contributed by atoms with Gasteiger partial charge in [-0.2, -0.15) is 5.10 Å². The van der Waals surface area contributed by atoms with Crippen molar-refractivity contribution >= 4 is 11.9 Å². The second-order valence-electron chi connectivity index (χ2n) is 8.16. The van der Waals surface area contributed by atoms with Crippen LogP contribution in [-0.4, -0.2) is 44.3 Å². The van der Waals surface area contributed by atoms with Gasteiger partial charge in [0.15, 0.2) is 5.69 Å². The molecule has 1 fully saturated rings. The van der Waals surface area contributed by atoms with Crippen molar-refractivity contribution < 1.29 is 14.7 Å². The number of benzene rings is 1. The summed E-state index contributed by atoms with van der Waals surface area (Å²) in [6, 6.07) is 8.34. The van der Waals surface area contributed by atoms with E-state index in [1.165, 1.54) is 5.56 Å². The molecule has 0 aliphatic heterocycles. The zero-order valence-corrected chi connectivity index (χ0v) is 16.5. The van der Waals surface area contributed by atoms with E-state index in [1.54, 1.807) is 11.8 Å². The second-order valence-corrected chi connectivity index (χ2v) is 8.16. The van der Waals surface area contributed by atoms with Crippen molar-refractivity contribution in [2.45, 2.75) is 58.4 Å². The van der Waals surface area contributed by atoms with Crippen LogP contribution in [0.4, 0.5) is 0 Å². The largest absolute Gasteiger partial charge is 0.481 e. The summed E-state index contributed by atoms with van der Waals surface area (Å²) >= 11 is 0. The standard InChI is InChI=1S/C22H27N3O3/c1-14-7-9-17(10-8-14)25-19-6-4-3-5-18(19)20(23-25)21(26)24(16-11-12-16)13-15(2)22(27)28/h7-10,15-16H,3-6,11-13H2,1-2H3,(H,27,28). The van der Waals surface area contributed by atoms with E-state index in [0.717, 1.165) is 55.5 Å². The Hall–Kier alpha value is -2.63. The number of carbonyl (C=O) groups excluding carboxylic acids is 1. The van der Waals surface area contributed by atoms with Crippen LogP contribution in [0.5, 0.6) is 0 Å². The SMILES string of the molecule is Cc1ccc(-n2nc(C(=O)N(CC(C)C(=O)O)C3CC3)c3c2CCCC3)cc1. The fourth-order valence-electron chi connectivity index (χ4n) is 3.96. The highest BCUT2D eigenvalue weighted by atomic mass is 16.4. The molecule has 1 saturated carbocycles. The normalized spacial score (nSPS) is 17.1. The fraction of sp³-hybridized carbons (Fsp3) is 0.500. The third-order valence-corrected chi connectivity index (χ3v) is 5.80. The minimum absolute atomic E-state index is 0.111. The number of carboxylic acids is 1. The van der Waals surface area contributed by atoms with Crippen LogP contribution in [0.15, 0.2) is 24.3 Å². The lowest BCUT2D eigenvalue weighted by atomic mass is 9.95. The van der Waals surface area contributed by atoms with Crippen LogP contribution in [0.2, 0.25) is 0 Å². The van der Waals surface area contributed by atoms with Gasteiger partial charge in [-0.3, -0.25) is 9.59 Å². The molecule has 4 rings (SSSR count). The number of carboxylic acid groups (broad SMARTS) is 1. The average Bonchev–Trinajstić information content (AvgIpc) is 3.46. The van der Waals surface area contributed by atoms with E-state index in [2.05, 4.69) is 19.1 Å².